The Morgan fingerprint density at radius 2 is 2.32 bits per heavy atom. The molecule has 0 unspecified atom stereocenters. The Morgan fingerprint density at radius 1 is 1.56 bits per heavy atom. The van der Waals surface area contributed by atoms with Crippen LogP contribution < -0.4 is 11.1 Å². The number of nitrogen functional groups attached to an aromatic ring is 1. The first-order valence-corrected chi connectivity index (χ1v) is 7.39. The van der Waals surface area contributed by atoms with Gasteiger partial charge in [-0.1, -0.05) is 0 Å². The van der Waals surface area contributed by atoms with E-state index in [1.54, 1.807) is 0 Å². The number of carbonyl (C=O) groups excluding carboxylic acids is 1. The Kier molecular flexibility index (Phi) is 4.32. The predicted octanol–water partition coefficient (Wildman–Crippen LogP) is -1.93. The molecule has 1 amide bonds. The Hall–Kier alpha value is -2.71. The highest BCUT2D eigenvalue weighted by Gasteiger charge is 2.53. The summed E-state index contributed by atoms with van der Waals surface area (Å²) in [5, 5.41) is 32.8. The van der Waals surface area contributed by atoms with Gasteiger partial charge in [0, 0.05) is 12.2 Å². The molecule has 0 aliphatic carbocycles. The van der Waals surface area contributed by atoms with E-state index in [0.717, 1.165) is 0 Å². The van der Waals surface area contributed by atoms with Crippen LogP contribution in [0.5, 0.6) is 0 Å². The van der Waals surface area contributed by atoms with Crippen LogP contribution in [0.1, 0.15) is 18.7 Å². The average molecular weight is 347 g/mol. The van der Waals surface area contributed by atoms with Crippen molar-refractivity contribution in [1.29, 1.82) is 0 Å². The molecule has 0 spiro atoms. The van der Waals surface area contributed by atoms with E-state index in [2.05, 4.69) is 27.2 Å². The number of carbonyl (C=O) groups is 1. The van der Waals surface area contributed by atoms with Crippen molar-refractivity contribution in [2.75, 3.05) is 12.3 Å². The molecule has 132 valence electrons. The van der Waals surface area contributed by atoms with Gasteiger partial charge >= 0.3 is 0 Å². The van der Waals surface area contributed by atoms with Crippen molar-refractivity contribution in [3.63, 3.8) is 0 Å². The highest BCUT2D eigenvalue weighted by atomic mass is 16.6. The lowest BCUT2D eigenvalue weighted by molar-refractivity contribution is -0.108. The number of hydrogen-bond donors (Lipinski definition) is 5. The minimum absolute atomic E-state index is 0.163. The lowest BCUT2D eigenvalue weighted by atomic mass is 9.96. The quantitative estimate of drug-likeness (QED) is 0.244. The Labute approximate surface area is 142 Å². The molecule has 0 radical (unpaired) electrons. The van der Waals surface area contributed by atoms with Gasteiger partial charge in [-0.15, -0.1) is 0 Å². The molecule has 0 bridgehead atoms. The van der Waals surface area contributed by atoms with Gasteiger partial charge in [-0.25, -0.2) is 9.97 Å². The number of aliphatic hydroxyl groups excluding tert-OH is 2. The van der Waals surface area contributed by atoms with Crippen LogP contribution in [0, 0.1) is 12.0 Å². The first kappa shape index (κ1) is 17.1. The van der Waals surface area contributed by atoms with Gasteiger partial charge in [-0.05, 0) is 12.8 Å². The second-order valence-electron chi connectivity index (χ2n) is 5.80. The smallest absolute Gasteiger partial charge is 0.218 e. The van der Waals surface area contributed by atoms with Crippen LogP contribution in [0.3, 0.4) is 0 Å². The molecule has 3 heterocycles. The molecular formula is C15H17N5O5. The molecule has 4 atom stereocenters. The van der Waals surface area contributed by atoms with Crippen LogP contribution in [0.15, 0.2) is 12.5 Å². The van der Waals surface area contributed by atoms with Crippen LogP contribution >= 0.6 is 0 Å². The molecule has 2 aromatic heterocycles. The third kappa shape index (κ3) is 2.69. The van der Waals surface area contributed by atoms with Crippen molar-refractivity contribution in [3.05, 3.63) is 18.1 Å². The van der Waals surface area contributed by atoms with E-state index in [1.807, 2.05) is 0 Å². The lowest BCUT2D eigenvalue weighted by Crippen LogP contribution is -2.44. The van der Waals surface area contributed by atoms with Gasteiger partial charge in [0.15, 0.2) is 6.23 Å². The summed E-state index contributed by atoms with van der Waals surface area (Å²) in [6, 6.07) is 2.44. The van der Waals surface area contributed by atoms with Crippen molar-refractivity contribution in [3.8, 4) is 12.0 Å². The summed E-state index contributed by atoms with van der Waals surface area (Å²) in [6.45, 7) is 0.938. The monoisotopic (exact) mass is 347 g/mol. The van der Waals surface area contributed by atoms with Gasteiger partial charge in [0.25, 0.3) is 0 Å². The lowest BCUT2D eigenvalue weighted by Gasteiger charge is -2.27. The van der Waals surface area contributed by atoms with E-state index < -0.39 is 30.6 Å². The largest absolute Gasteiger partial charge is 0.394 e. The van der Waals surface area contributed by atoms with Crippen LogP contribution in [0.4, 0.5) is 5.82 Å². The Bertz CT molecular complexity index is 868. The number of ether oxygens (including phenoxy) is 1. The van der Waals surface area contributed by atoms with Crippen molar-refractivity contribution in [1.82, 2.24) is 19.9 Å². The van der Waals surface area contributed by atoms with Crippen LogP contribution in [-0.2, 0) is 9.53 Å². The first-order chi connectivity index (χ1) is 11.9. The number of nitrogens with one attached hydrogen (secondary N) is 1. The van der Waals surface area contributed by atoms with E-state index in [1.165, 1.54) is 24.0 Å². The number of anilines is 1. The number of nitrogens with zero attached hydrogens (tertiary/aromatic N) is 3. The number of amides is 1. The molecule has 6 N–H and O–H groups in total. The SMILES string of the molecule is C[C@@]1(O)[C@H](O)[C@@H](CO)O[C@H]1n1cc(C#CNC=O)c2c(N)ncnc21. The summed E-state index contributed by atoms with van der Waals surface area (Å²) in [5.74, 6) is 2.88. The fourth-order valence-corrected chi connectivity index (χ4v) is 2.90. The van der Waals surface area contributed by atoms with Gasteiger partial charge in [0.2, 0.25) is 6.41 Å². The highest BCUT2D eigenvalue weighted by molar-refractivity contribution is 5.92. The molecule has 1 fully saturated rings. The number of aliphatic hydroxyl groups is 3. The van der Waals surface area contributed by atoms with E-state index in [0.29, 0.717) is 23.0 Å². The maximum absolute atomic E-state index is 10.7. The van der Waals surface area contributed by atoms with E-state index in [-0.39, 0.29) is 5.82 Å². The molecule has 0 saturated carbocycles. The van der Waals surface area contributed by atoms with Gasteiger partial charge in [-0.2, -0.15) is 0 Å². The summed E-state index contributed by atoms with van der Waals surface area (Å²) in [4.78, 5) is 18.4. The number of nitrogens with two attached hydrogens (primary N) is 1. The molecule has 1 aliphatic rings. The van der Waals surface area contributed by atoms with Crippen molar-refractivity contribution in [2.24, 2.45) is 0 Å². The number of fused-ring (bicyclic) bond motifs is 1. The zero-order chi connectivity index (χ0) is 18.2. The van der Waals surface area contributed by atoms with Gasteiger partial charge in [-0.3, -0.25) is 10.1 Å². The Balaban J connectivity index is 2.16. The van der Waals surface area contributed by atoms with E-state index >= 15 is 0 Å². The molecule has 3 rings (SSSR count). The van der Waals surface area contributed by atoms with Crippen molar-refractivity contribution >= 4 is 23.3 Å². The molecule has 0 aromatic carbocycles. The van der Waals surface area contributed by atoms with Crippen LogP contribution in [0.25, 0.3) is 11.0 Å². The van der Waals surface area contributed by atoms with E-state index in [4.69, 9.17) is 10.5 Å². The maximum Gasteiger partial charge on any atom is 0.218 e. The molecule has 25 heavy (non-hydrogen) atoms. The van der Waals surface area contributed by atoms with Gasteiger partial charge < -0.3 is 30.4 Å². The van der Waals surface area contributed by atoms with Crippen LogP contribution in [0.2, 0.25) is 0 Å². The molecule has 1 aliphatic heterocycles. The topological polar surface area (TPSA) is 156 Å². The zero-order valence-corrected chi connectivity index (χ0v) is 13.2. The maximum atomic E-state index is 10.7. The summed E-state index contributed by atoms with van der Waals surface area (Å²) in [6.07, 6.45) is -0.0854. The minimum Gasteiger partial charge on any atom is -0.394 e. The first-order valence-electron chi connectivity index (χ1n) is 7.39. The fourth-order valence-electron chi connectivity index (χ4n) is 2.90. The highest BCUT2D eigenvalue weighted by Crippen LogP contribution is 2.40. The third-order valence-corrected chi connectivity index (χ3v) is 4.15. The minimum atomic E-state index is -1.69. The number of aromatic nitrogens is 3. The molecular weight excluding hydrogens is 330 g/mol. The second-order valence-corrected chi connectivity index (χ2v) is 5.80. The number of hydrogen-bond acceptors (Lipinski definition) is 8. The average Bonchev–Trinajstić information content (AvgIpc) is 3.05. The summed E-state index contributed by atoms with van der Waals surface area (Å²) in [7, 11) is 0. The molecule has 10 nitrogen and oxygen atoms in total. The second kappa shape index (κ2) is 6.30. The van der Waals surface area contributed by atoms with Gasteiger partial charge in [0.1, 0.15) is 35.6 Å². The Morgan fingerprint density at radius 3 is 2.96 bits per heavy atom. The molecule has 10 heteroatoms. The van der Waals surface area contributed by atoms with Crippen molar-refractivity contribution < 1.29 is 24.9 Å². The normalized spacial score (nSPS) is 28.6. The zero-order valence-electron chi connectivity index (χ0n) is 13.2. The standard InChI is InChI=1S/C15H17N5O5/c1-15(24)11(23)9(5-21)25-14(15)20-4-8(2-3-17-7-22)10-12(16)18-6-19-13(10)20/h4,6-7,9,11,14,21,23-24H,5H2,1H3,(H,17,22)(H2,16,18,19)/t9-,11-,14-,15-/m1/s1. The molecule has 1 saturated heterocycles. The van der Waals surface area contributed by atoms with Crippen molar-refractivity contribution in [2.45, 2.75) is 31.0 Å². The summed E-state index contributed by atoms with van der Waals surface area (Å²) in [5.41, 5.74) is 4.96. The predicted molar refractivity (Wildman–Crippen MR) is 85.6 cm³/mol. The van der Waals surface area contributed by atoms with E-state index in [9.17, 15) is 20.1 Å². The van der Waals surface area contributed by atoms with Crippen LogP contribution in [-0.4, -0.2) is 60.7 Å². The summed E-state index contributed by atoms with van der Waals surface area (Å²) < 4.78 is 7.07. The van der Waals surface area contributed by atoms with Gasteiger partial charge in [0.05, 0.1) is 17.6 Å². The fraction of sp³-hybridized carbons (Fsp3) is 0.400. The third-order valence-electron chi connectivity index (χ3n) is 4.15. The summed E-state index contributed by atoms with van der Waals surface area (Å²) >= 11 is 0. The molecule has 2 aromatic rings. The number of rotatable bonds is 3.